The fraction of sp³-hybridized carbons (Fsp3) is 0.462. The predicted octanol–water partition coefficient (Wildman–Crippen LogP) is 1.02. The van der Waals surface area contributed by atoms with Crippen LogP contribution < -0.4 is 15.4 Å². The van der Waals surface area contributed by atoms with E-state index < -0.39 is 0 Å². The monoisotopic (exact) mass is 236 g/mol. The zero-order valence-electron chi connectivity index (χ0n) is 10.7. The topological polar surface area (TPSA) is 50.4 Å². The van der Waals surface area contributed by atoms with E-state index in [-0.39, 0.29) is 12.5 Å². The van der Waals surface area contributed by atoms with Gasteiger partial charge in [0.2, 0.25) is 0 Å². The van der Waals surface area contributed by atoms with Gasteiger partial charge in [-0.3, -0.25) is 4.79 Å². The maximum absolute atomic E-state index is 11.4. The summed E-state index contributed by atoms with van der Waals surface area (Å²) < 4.78 is 5.53. The van der Waals surface area contributed by atoms with Crippen molar-refractivity contribution >= 4 is 5.91 Å². The molecular formula is C13H20N2O2. The molecule has 0 saturated carbocycles. The zero-order chi connectivity index (χ0) is 12.7. The van der Waals surface area contributed by atoms with E-state index in [1.807, 2.05) is 39.1 Å². The summed E-state index contributed by atoms with van der Waals surface area (Å²) in [6.45, 7) is 5.39. The van der Waals surface area contributed by atoms with E-state index in [4.69, 9.17) is 4.74 Å². The lowest BCUT2D eigenvalue weighted by molar-refractivity contribution is -0.123. The van der Waals surface area contributed by atoms with E-state index >= 15 is 0 Å². The molecule has 94 valence electrons. The maximum Gasteiger partial charge on any atom is 0.257 e. The van der Waals surface area contributed by atoms with Gasteiger partial charge in [-0.2, -0.15) is 0 Å². The van der Waals surface area contributed by atoms with Crippen LogP contribution in [0.15, 0.2) is 18.2 Å². The van der Waals surface area contributed by atoms with Crippen molar-refractivity contribution < 1.29 is 9.53 Å². The zero-order valence-corrected chi connectivity index (χ0v) is 10.7. The Labute approximate surface area is 102 Å². The third-order valence-electron chi connectivity index (χ3n) is 2.45. The Bertz CT molecular complexity index is 357. The van der Waals surface area contributed by atoms with Gasteiger partial charge in [-0.1, -0.05) is 18.2 Å². The normalized spacial score (nSPS) is 10.1. The van der Waals surface area contributed by atoms with Gasteiger partial charge in [0.05, 0.1) is 0 Å². The highest BCUT2D eigenvalue weighted by Crippen LogP contribution is 2.21. The fourth-order valence-electron chi connectivity index (χ4n) is 1.54. The van der Waals surface area contributed by atoms with Crippen LogP contribution in [-0.4, -0.2) is 32.7 Å². The van der Waals surface area contributed by atoms with E-state index in [2.05, 4.69) is 10.6 Å². The molecule has 1 aromatic rings. The number of rotatable bonds is 6. The van der Waals surface area contributed by atoms with Crippen molar-refractivity contribution in [3.05, 3.63) is 29.3 Å². The van der Waals surface area contributed by atoms with Crippen molar-refractivity contribution in [2.75, 3.05) is 26.7 Å². The molecule has 0 aliphatic carbocycles. The molecule has 1 aromatic carbocycles. The van der Waals surface area contributed by atoms with Crippen LogP contribution in [0.2, 0.25) is 0 Å². The van der Waals surface area contributed by atoms with Crippen LogP contribution in [0.25, 0.3) is 0 Å². The molecule has 0 saturated heterocycles. The van der Waals surface area contributed by atoms with Crippen molar-refractivity contribution in [1.82, 2.24) is 10.6 Å². The number of para-hydroxylation sites is 1. The number of likely N-dealkylation sites (N-methyl/N-ethyl adjacent to an activating group) is 1. The van der Waals surface area contributed by atoms with Gasteiger partial charge in [-0.05, 0) is 32.0 Å². The standard InChI is InChI=1S/C13H20N2O2/c1-10-5-4-6-11(2)13(10)17-9-12(16)15-8-7-14-3/h4-6,14H,7-9H2,1-3H3,(H,15,16). The molecule has 0 spiro atoms. The molecule has 0 fully saturated rings. The van der Waals surface area contributed by atoms with Crippen LogP contribution in [0.1, 0.15) is 11.1 Å². The van der Waals surface area contributed by atoms with Crippen LogP contribution >= 0.6 is 0 Å². The van der Waals surface area contributed by atoms with Crippen molar-refractivity contribution in [1.29, 1.82) is 0 Å². The minimum atomic E-state index is -0.0945. The van der Waals surface area contributed by atoms with Crippen LogP contribution in [0.4, 0.5) is 0 Å². The summed E-state index contributed by atoms with van der Waals surface area (Å²) in [6.07, 6.45) is 0. The lowest BCUT2D eigenvalue weighted by Gasteiger charge is -2.11. The summed E-state index contributed by atoms with van der Waals surface area (Å²) >= 11 is 0. The third-order valence-corrected chi connectivity index (χ3v) is 2.45. The number of carbonyl (C=O) groups excluding carboxylic acids is 1. The number of aryl methyl sites for hydroxylation is 2. The summed E-state index contributed by atoms with van der Waals surface area (Å²) in [5.41, 5.74) is 2.10. The minimum Gasteiger partial charge on any atom is -0.483 e. The number of hydrogen-bond donors (Lipinski definition) is 2. The molecule has 4 heteroatoms. The number of nitrogens with one attached hydrogen (secondary N) is 2. The van der Waals surface area contributed by atoms with Gasteiger partial charge < -0.3 is 15.4 Å². The molecule has 4 nitrogen and oxygen atoms in total. The van der Waals surface area contributed by atoms with Gasteiger partial charge in [-0.25, -0.2) is 0 Å². The fourth-order valence-corrected chi connectivity index (χ4v) is 1.54. The first-order valence-corrected chi connectivity index (χ1v) is 5.75. The maximum atomic E-state index is 11.4. The summed E-state index contributed by atoms with van der Waals surface area (Å²) in [5, 5.41) is 5.73. The Morgan fingerprint density at radius 3 is 2.47 bits per heavy atom. The second kappa shape index (κ2) is 6.91. The summed E-state index contributed by atoms with van der Waals surface area (Å²) in [6, 6.07) is 5.92. The first-order chi connectivity index (χ1) is 8.15. The van der Waals surface area contributed by atoms with Gasteiger partial charge in [0.25, 0.3) is 5.91 Å². The van der Waals surface area contributed by atoms with Crippen molar-refractivity contribution in [2.24, 2.45) is 0 Å². The number of hydrogen-bond acceptors (Lipinski definition) is 3. The highest BCUT2D eigenvalue weighted by atomic mass is 16.5. The number of benzene rings is 1. The lowest BCUT2D eigenvalue weighted by atomic mass is 10.1. The van der Waals surface area contributed by atoms with Gasteiger partial charge >= 0.3 is 0 Å². The second-order valence-corrected chi connectivity index (χ2v) is 3.96. The van der Waals surface area contributed by atoms with Gasteiger partial charge in [-0.15, -0.1) is 0 Å². The third kappa shape index (κ3) is 4.44. The van der Waals surface area contributed by atoms with E-state index in [1.165, 1.54) is 0 Å². The Morgan fingerprint density at radius 2 is 1.88 bits per heavy atom. The minimum absolute atomic E-state index is 0.0649. The first kappa shape index (κ1) is 13.5. The molecule has 0 aliphatic rings. The first-order valence-electron chi connectivity index (χ1n) is 5.75. The lowest BCUT2D eigenvalue weighted by Crippen LogP contribution is -2.33. The van der Waals surface area contributed by atoms with E-state index in [0.717, 1.165) is 23.4 Å². The molecule has 2 N–H and O–H groups in total. The van der Waals surface area contributed by atoms with Crippen LogP contribution in [0.3, 0.4) is 0 Å². The van der Waals surface area contributed by atoms with Crippen LogP contribution in [-0.2, 0) is 4.79 Å². The number of ether oxygens (including phenoxy) is 1. The molecule has 0 atom stereocenters. The van der Waals surface area contributed by atoms with E-state index in [0.29, 0.717) is 6.54 Å². The SMILES string of the molecule is CNCCNC(=O)COc1c(C)cccc1C. The Morgan fingerprint density at radius 1 is 1.24 bits per heavy atom. The molecule has 1 amide bonds. The number of carbonyl (C=O) groups is 1. The Kier molecular flexibility index (Phi) is 5.49. The van der Waals surface area contributed by atoms with Gasteiger partial charge in [0.1, 0.15) is 5.75 Å². The quantitative estimate of drug-likeness (QED) is 0.725. The molecule has 0 radical (unpaired) electrons. The Balaban J connectivity index is 2.42. The van der Waals surface area contributed by atoms with E-state index in [1.54, 1.807) is 0 Å². The highest BCUT2D eigenvalue weighted by Gasteiger charge is 2.06. The summed E-state index contributed by atoms with van der Waals surface area (Å²) in [7, 11) is 1.85. The van der Waals surface area contributed by atoms with Crippen molar-refractivity contribution in [2.45, 2.75) is 13.8 Å². The second-order valence-electron chi connectivity index (χ2n) is 3.96. The molecule has 0 heterocycles. The molecule has 0 aromatic heterocycles. The largest absolute Gasteiger partial charge is 0.483 e. The average molecular weight is 236 g/mol. The number of amides is 1. The smallest absolute Gasteiger partial charge is 0.257 e. The van der Waals surface area contributed by atoms with Crippen LogP contribution in [0.5, 0.6) is 5.75 Å². The van der Waals surface area contributed by atoms with E-state index in [9.17, 15) is 4.79 Å². The molecular weight excluding hydrogens is 216 g/mol. The molecule has 1 rings (SSSR count). The van der Waals surface area contributed by atoms with Crippen molar-refractivity contribution in [3.8, 4) is 5.75 Å². The molecule has 17 heavy (non-hydrogen) atoms. The van der Waals surface area contributed by atoms with Gasteiger partial charge in [0, 0.05) is 13.1 Å². The van der Waals surface area contributed by atoms with Gasteiger partial charge in [0.15, 0.2) is 6.61 Å². The molecule has 0 aliphatic heterocycles. The van der Waals surface area contributed by atoms with Crippen molar-refractivity contribution in [3.63, 3.8) is 0 Å². The Hall–Kier alpha value is -1.55. The molecule has 0 unspecified atom stereocenters. The summed E-state index contributed by atoms with van der Waals surface area (Å²) in [4.78, 5) is 11.4. The molecule has 0 bridgehead atoms. The highest BCUT2D eigenvalue weighted by molar-refractivity contribution is 5.77. The van der Waals surface area contributed by atoms with Crippen LogP contribution in [0, 0.1) is 13.8 Å². The predicted molar refractivity (Wildman–Crippen MR) is 68.3 cm³/mol. The average Bonchev–Trinajstić information content (AvgIpc) is 2.29. The summed E-state index contributed by atoms with van der Waals surface area (Å²) in [5.74, 6) is 0.708.